The van der Waals surface area contributed by atoms with Gasteiger partial charge < -0.3 is 14.4 Å². The van der Waals surface area contributed by atoms with E-state index in [2.05, 4.69) is 10.3 Å². The normalized spacial score (nSPS) is 15.8. The molecule has 1 aromatic carbocycles. The molecular formula is C18H18N4O3. The van der Waals surface area contributed by atoms with Gasteiger partial charge in [-0.2, -0.15) is 0 Å². The Hall–Kier alpha value is -2.93. The summed E-state index contributed by atoms with van der Waals surface area (Å²) in [5, 5.41) is 17.5. The number of carbonyl (C=O) groups is 1. The van der Waals surface area contributed by atoms with Crippen LogP contribution in [-0.4, -0.2) is 44.0 Å². The summed E-state index contributed by atoms with van der Waals surface area (Å²) in [4.78, 5) is 14.4. The van der Waals surface area contributed by atoms with Crippen molar-refractivity contribution in [2.24, 2.45) is 0 Å². The lowest BCUT2D eigenvalue weighted by molar-refractivity contribution is 0.0498. The summed E-state index contributed by atoms with van der Waals surface area (Å²) in [5.41, 5.74) is 3.09. The highest BCUT2D eigenvalue weighted by Crippen LogP contribution is 2.26. The molecule has 25 heavy (non-hydrogen) atoms. The molecule has 7 nitrogen and oxygen atoms in total. The summed E-state index contributed by atoms with van der Waals surface area (Å²) in [6.45, 7) is 2.81. The van der Waals surface area contributed by atoms with Gasteiger partial charge in [0.1, 0.15) is 5.69 Å². The van der Waals surface area contributed by atoms with Gasteiger partial charge in [0, 0.05) is 24.2 Å². The van der Waals surface area contributed by atoms with Gasteiger partial charge in [-0.25, -0.2) is 4.68 Å². The third kappa shape index (κ3) is 2.94. The molecule has 2 aromatic heterocycles. The van der Waals surface area contributed by atoms with E-state index in [0.29, 0.717) is 24.3 Å². The third-order valence-corrected chi connectivity index (χ3v) is 4.44. The van der Waals surface area contributed by atoms with E-state index in [0.717, 1.165) is 11.1 Å². The molecule has 1 fully saturated rings. The van der Waals surface area contributed by atoms with E-state index in [9.17, 15) is 9.90 Å². The Kier molecular flexibility index (Phi) is 3.85. The van der Waals surface area contributed by atoms with Crippen LogP contribution in [0.1, 0.15) is 35.1 Å². The lowest BCUT2D eigenvalue weighted by Crippen LogP contribution is -2.50. The molecule has 0 aliphatic carbocycles. The summed E-state index contributed by atoms with van der Waals surface area (Å²) in [7, 11) is 0. The molecular weight excluding hydrogens is 320 g/mol. The van der Waals surface area contributed by atoms with E-state index in [1.54, 1.807) is 35.2 Å². The monoisotopic (exact) mass is 338 g/mol. The van der Waals surface area contributed by atoms with E-state index in [1.165, 1.54) is 0 Å². The molecule has 0 bridgehead atoms. The van der Waals surface area contributed by atoms with Gasteiger partial charge in [0.2, 0.25) is 0 Å². The maximum atomic E-state index is 12.7. The average molecular weight is 338 g/mol. The summed E-state index contributed by atoms with van der Waals surface area (Å²) < 4.78 is 6.82. The van der Waals surface area contributed by atoms with E-state index in [1.807, 2.05) is 30.3 Å². The minimum absolute atomic E-state index is 0.00235. The molecule has 0 spiro atoms. The van der Waals surface area contributed by atoms with Crippen LogP contribution in [0.3, 0.4) is 0 Å². The van der Waals surface area contributed by atoms with Crippen molar-refractivity contribution in [1.82, 2.24) is 19.9 Å². The molecule has 0 radical (unpaired) electrons. The zero-order chi connectivity index (χ0) is 17.4. The molecule has 7 heteroatoms. The molecule has 1 N–H and O–H groups in total. The molecule has 1 aliphatic rings. The van der Waals surface area contributed by atoms with Crippen LogP contribution in [0.4, 0.5) is 0 Å². The molecule has 128 valence electrons. The van der Waals surface area contributed by atoms with Crippen molar-refractivity contribution < 1.29 is 14.3 Å². The second-order valence-electron chi connectivity index (χ2n) is 6.26. The van der Waals surface area contributed by atoms with Crippen molar-refractivity contribution in [3.63, 3.8) is 0 Å². The number of hydrogen-bond acceptors (Lipinski definition) is 5. The quantitative estimate of drug-likeness (QED) is 0.789. The number of furan rings is 1. The maximum Gasteiger partial charge on any atom is 0.254 e. The van der Waals surface area contributed by atoms with Crippen LogP contribution in [0.25, 0.3) is 11.1 Å². The van der Waals surface area contributed by atoms with Gasteiger partial charge in [-0.15, -0.1) is 5.10 Å². The number of nitrogens with zero attached hydrogens (tertiary/aromatic N) is 4. The number of aliphatic hydroxyl groups is 1. The highest BCUT2D eigenvalue weighted by Gasteiger charge is 2.33. The number of aromatic nitrogens is 3. The summed E-state index contributed by atoms with van der Waals surface area (Å²) in [6, 6.07) is 9.49. The van der Waals surface area contributed by atoms with E-state index in [-0.39, 0.29) is 11.9 Å². The SMILES string of the molecule is CC(O)c1cn(C2CN(C(=O)c3cccc(-c4ccoc4)c3)C2)nn1. The maximum absolute atomic E-state index is 12.7. The lowest BCUT2D eigenvalue weighted by Gasteiger charge is -2.38. The Balaban J connectivity index is 1.44. The number of carbonyl (C=O) groups excluding carboxylic acids is 1. The first-order valence-electron chi connectivity index (χ1n) is 8.13. The standard InChI is InChI=1S/C18H18N4O3/c1-12(23)17-10-22(20-19-17)16-8-21(9-16)18(24)14-4-2-3-13(7-14)15-5-6-25-11-15/h2-7,10-12,16,23H,8-9H2,1H3. The van der Waals surface area contributed by atoms with Gasteiger partial charge in [-0.3, -0.25) is 4.79 Å². The highest BCUT2D eigenvalue weighted by molar-refractivity contribution is 5.96. The van der Waals surface area contributed by atoms with Gasteiger partial charge in [0.05, 0.1) is 30.9 Å². The minimum Gasteiger partial charge on any atom is -0.472 e. The van der Waals surface area contributed by atoms with Crippen LogP contribution in [0.15, 0.2) is 53.5 Å². The topological polar surface area (TPSA) is 84.4 Å². The highest BCUT2D eigenvalue weighted by atomic mass is 16.3. The number of amides is 1. The van der Waals surface area contributed by atoms with Gasteiger partial charge in [-0.1, -0.05) is 17.3 Å². The number of likely N-dealkylation sites (tertiary alicyclic amines) is 1. The van der Waals surface area contributed by atoms with Crippen molar-refractivity contribution in [1.29, 1.82) is 0 Å². The van der Waals surface area contributed by atoms with E-state index in [4.69, 9.17) is 4.42 Å². The van der Waals surface area contributed by atoms with Crippen LogP contribution in [0, 0.1) is 0 Å². The van der Waals surface area contributed by atoms with Crippen LogP contribution in [0.5, 0.6) is 0 Å². The number of benzene rings is 1. The largest absolute Gasteiger partial charge is 0.472 e. The number of aliphatic hydroxyl groups excluding tert-OH is 1. The predicted octanol–water partition coefficient (Wildman–Crippen LogP) is 2.29. The molecule has 4 rings (SSSR count). The molecule has 1 aliphatic heterocycles. The van der Waals surface area contributed by atoms with Crippen molar-refractivity contribution in [2.45, 2.75) is 19.1 Å². The predicted molar refractivity (Wildman–Crippen MR) is 89.7 cm³/mol. The van der Waals surface area contributed by atoms with Gasteiger partial charge >= 0.3 is 0 Å². The lowest BCUT2D eigenvalue weighted by atomic mass is 10.0. The first-order chi connectivity index (χ1) is 12.1. The Bertz CT molecular complexity index is 879. The van der Waals surface area contributed by atoms with Gasteiger partial charge in [0.15, 0.2) is 0 Å². The zero-order valence-corrected chi connectivity index (χ0v) is 13.7. The molecule has 3 heterocycles. The average Bonchev–Trinajstić information content (AvgIpc) is 3.25. The van der Waals surface area contributed by atoms with E-state index < -0.39 is 6.10 Å². The van der Waals surface area contributed by atoms with Crippen molar-refractivity contribution in [3.8, 4) is 11.1 Å². The second kappa shape index (κ2) is 6.18. The first-order valence-corrected chi connectivity index (χ1v) is 8.13. The Labute approximate surface area is 144 Å². The van der Waals surface area contributed by atoms with Crippen LogP contribution >= 0.6 is 0 Å². The molecule has 3 aromatic rings. The summed E-state index contributed by atoms with van der Waals surface area (Å²) in [6.07, 6.45) is 4.37. The second-order valence-corrected chi connectivity index (χ2v) is 6.26. The van der Waals surface area contributed by atoms with Gasteiger partial charge in [0.25, 0.3) is 5.91 Å². The number of hydrogen-bond donors (Lipinski definition) is 1. The molecule has 1 saturated heterocycles. The fourth-order valence-electron chi connectivity index (χ4n) is 2.89. The molecule has 1 atom stereocenters. The molecule has 1 unspecified atom stereocenters. The minimum atomic E-state index is -0.641. The molecule has 0 saturated carbocycles. The smallest absolute Gasteiger partial charge is 0.254 e. The Morgan fingerprint density at radius 1 is 1.32 bits per heavy atom. The van der Waals surface area contributed by atoms with E-state index >= 15 is 0 Å². The Morgan fingerprint density at radius 2 is 2.16 bits per heavy atom. The fraction of sp³-hybridized carbons (Fsp3) is 0.278. The van der Waals surface area contributed by atoms with Crippen LogP contribution in [-0.2, 0) is 0 Å². The van der Waals surface area contributed by atoms with Crippen molar-refractivity contribution in [2.75, 3.05) is 13.1 Å². The molecule has 1 amide bonds. The van der Waals surface area contributed by atoms with Crippen LogP contribution < -0.4 is 0 Å². The number of rotatable bonds is 4. The first kappa shape index (κ1) is 15.6. The van der Waals surface area contributed by atoms with Crippen molar-refractivity contribution in [3.05, 3.63) is 60.3 Å². The van der Waals surface area contributed by atoms with Crippen molar-refractivity contribution >= 4 is 5.91 Å². The summed E-state index contributed by atoms with van der Waals surface area (Å²) in [5.74, 6) is -0.00235. The van der Waals surface area contributed by atoms with Gasteiger partial charge in [-0.05, 0) is 30.7 Å². The fourth-order valence-corrected chi connectivity index (χ4v) is 2.89. The van der Waals surface area contributed by atoms with Crippen LogP contribution in [0.2, 0.25) is 0 Å². The zero-order valence-electron chi connectivity index (χ0n) is 13.7. The Morgan fingerprint density at radius 3 is 2.84 bits per heavy atom. The third-order valence-electron chi connectivity index (χ3n) is 4.44. The summed E-state index contributed by atoms with van der Waals surface area (Å²) >= 11 is 0.